The Morgan fingerprint density at radius 2 is 1.74 bits per heavy atom. The Morgan fingerprint density at radius 3 is 2.49 bits per heavy atom. The number of carbonyl (C=O) groups excluding carboxylic acids is 1. The first-order chi connectivity index (χ1) is 18.7. The quantitative estimate of drug-likeness (QED) is 0.331. The number of likely N-dealkylation sites (tertiary alicyclic amines) is 1. The highest BCUT2D eigenvalue weighted by molar-refractivity contribution is 5.94. The molecule has 39 heavy (non-hydrogen) atoms. The van der Waals surface area contributed by atoms with Crippen molar-refractivity contribution in [2.75, 3.05) is 33.0 Å². The van der Waals surface area contributed by atoms with Crippen LogP contribution in [-0.2, 0) is 12.7 Å². The molecule has 0 radical (unpaired) electrons. The number of hydrogen-bond donors (Lipinski definition) is 0. The maximum Gasteiger partial charge on any atom is 0.416 e. The summed E-state index contributed by atoms with van der Waals surface area (Å²) in [5.74, 6) is 1.42. The van der Waals surface area contributed by atoms with Gasteiger partial charge in [-0.05, 0) is 53.3 Å². The van der Waals surface area contributed by atoms with Crippen molar-refractivity contribution in [2.45, 2.75) is 32.5 Å². The number of carbonyl (C=O) groups is 1. The van der Waals surface area contributed by atoms with Crippen molar-refractivity contribution in [1.82, 2.24) is 9.80 Å². The number of benzene rings is 3. The summed E-state index contributed by atoms with van der Waals surface area (Å²) in [6, 6.07) is 20.7. The molecule has 1 saturated heterocycles. The van der Waals surface area contributed by atoms with Crippen molar-refractivity contribution in [1.29, 1.82) is 0 Å². The first-order valence-corrected chi connectivity index (χ1v) is 13.3. The zero-order valence-electron chi connectivity index (χ0n) is 22.2. The normalized spacial score (nSPS) is 19.0. The fourth-order valence-electron chi connectivity index (χ4n) is 5.62. The van der Waals surface area contributed by atoms with E-state index in [0.717, 1.165) is 11.6 Å². The highest BCUT2D eigenvalue weighted by Crippen LogP contribution is 2.39. The third kappa shape index (κ3) is 6.38. The molecule has 5 rings (SSSR count). The van der Waals surface area contributed by atoms with Gasteiger partial charge in [-0.15, -0.1) is 0 Å². The average Bonchev–Trinajstić information content (AvgIpc) is 3.54. The molecule has 1 fully saturated rings. The summed E-state index contributed by atoms with van der Waals surface area (Å²) in [5.41, 5.74) is 1.66. The van der Waals surface area contributed by atoms with Crippen molar-refractivity contribution in [2.24, 2.45) is 11.8 Å². The Bertz CT molecular complexity index is 1300. The molecule has 5 nitrogen and oxygen atoms in total. The van der Waals surface area contributed by atoms with Gasteiger partial charge in [0.2, 0.25) is 6.79 Å². The van der Waals surface area contributed by atoms with Crippen molar-refractivity contribution in [3.63, 3.8) is 0 Å². The summed E-state index contributed by atoms with van der Waals surface area (Å²) >= 11 is 0. The number of nitrogens with zero attached hydrogens (tertiary/aromatic N) is 2. The number of halogens is 3. The molecule has 0 spiro atoms. The predicted molar refractivity (Wildman–Crippen MR) is 143 cm³/mol. The molecule has 2 aliphatic rings. The SMILES string of the molecule is CC(C)CN(CC1CN(Cc2ccc3c(c2)OCO3)CC1c1cccc(C(F)(F)F)c1)C(=O)c1ccccc1. The van der Waals surface area contributed by atoms with E-state index in [1.54, 1.807) is 18.2 Å². The van der Waals surface area contributed by atoms with Crippen LogP contribution in [0.2, 0.25) is 0 Å². The molecular formula is C31H33F3N2O3. The second-order valence-corrected chi connectivity index (χ2v) is 10.8. The molecule has 2 unspecified atom stereocenters. The minimum atomic E-state index is -4.41. The molecular weight excluding hydrogens is 505 g/mol. The number of rotatable bonds is 8. The summed E-state index contributed by atoms with van der Waals surface area (Å²) in [6.45, 7) is 7.24. The second-order valence-electron chi connectivity index (χ2n) is 10.8. The molecule has 2 atom stereocenters. The van der Waals surface area contributed by atoms with Crippen LogP contribution in [0.15, 0.2) is 72.8 Å². The summed E-state index contributed by atoms with van der Waals surface area (Å²) in [7, 11) is 0. The fraction of sp³-hybridized carbons (Fsp3) is 0.387. The van der Waals surface area contributed by atoms with E-state index in [1.165, 1.54) is 12.1 Å². The van der Waals surface area contributed by atoms with Gasteiger partial charge in [-0.2, -0.15) is 13.2 Å². The maximum atomic E-state index is 13.6. The molecule has 206 valence electrons. The molecule has 8 heteroatoms. The Hall–Kier alpha value is -3.52. The van der Waals surface area contributed by atoms with Crippen molar-refractivity contribution >= 4 is 5.91 Å². The van der Waals surface area contributed by atoms with Crippen LogP contribution in [0.1, 0.15) is 46.8 Å². The lowest BCUT2D eigenvalue weighted by Gasteiger charge is -2.30. The minimum Gasteiger partial charge on any atom is -0.454 e. The van der Waals surface area contributed by atoms with E-state index in [0.29, 0.717) is 55.3 Å². The Balaban J connectivity index is 1.42. The predicted octanol–water partition coefficient (Wildman–Crippen LogP) is 6.45. The second kappa shape index (κ2) is 11.3. The summed E-state index contributed by atoms with van der Waals surface area (Å²) < 4.78 is 51.7. The minimum absolute atomic E-state index is 0.0334. The van der Waals surface area contributed by atoms with Crippen LogP contribution in [0, 0.1) is 11.8 Å². The number of alkyl halides is 3. The molecule has 3 aromatic carbocycles. The molecule has 2 aliphatic heterocycles. The highest BCUT2D eigenvalue weighted by Gasteiger charge is 2.38. The van der Waals surface area contributed by atoms with Gasteiger partial charge in [-0.25, -0.2) is 0 Å². The van der Waals surface area contributed by atoms with Crippen LogP contribution in [0.5, 0.6) is 11.5 Å². The molecule has 0 bridgehead atoms. The average molecular weight is 539 g/mol. The van der Waals surface area contributed by atoms with Gasteiger partial charge >= 0.3 is 6.18 Å². The zero-order chi connectivity index (χ0) is 27.6. The molecule has 0 saturated carbocycles. The Morgan fingerprint density at radius 1 is 0.974 bits per heavy atom. The molecule has 3 aromatic rings. The number of fused-ring (bicyclic) bond motifs is 1. The van der Waals surface area contributed by atoms with Crippen LogP contribution in [-0.4, -0.2) is 48.7 Å². The largest absolute Gasteiger partial charge is 0.454 e. The van der Waals surface area contributed by atoms with Gasteiger partial charge in [-0.1, -0.05) is 56.3 Å². The van der Waals surface area contributed by atoms with Gasteiger partial charge in [0.25, 0.3) is 5.91 Å². The van der Waals surface area contributed by atoms with Crippen molar-refractivity contribution in [3.05, 3.63) is 95.1 Å². The van der Waals surface area contributed by atoms with Crippen molar-refractivity contribution < 1.29 is 27.4 Å². The molecule has 0 aliphatic carbocycles. The van der Waals surface area contributed by atoms with Crippen LogP contribution in [0.4, 0.5) is 13.2 Å². The van der Waals surface area contributed by atoms with Gasteiger partial charge in [0.1, 0.15) is 0 Å². The third-order valence-electron chi connectivity index (χ3n) is 7.35. The van der Waals surface area contributed by atoms with Gasteiger partial charge in [-0.3, -0.25) is 9.69 Å². The van der Waals surface area contributed by atoms with Crippen LogP contribution in [0.3, 0.4) is 0 Å². The van der Waals surface area contributed by atoms with Gasteiger partial charge in [0, 0.05) is 44.2 Å². The topological polar surface area (TPSA) is 42.0 Å². The van der Waals surface area contributed by atoms with Crippen LogP contribution >= 0.6 is 0 Å². The third-order valence-corrected chi connectivity index (χ3v) is 7.35. The first kappa shape index (κ1) is 27.1. The number of hydrogen-bond acceptors (Lipinski definition) is 4. The van der Waals surface area contributed by atoms with Crippen LogP contribution in [0.25, 0.3) is 0 Å². The van der Waals surface area contributed by atoms with E-state index in [9.17, 15) is 18.0 Å². The fourth-order valence-corrected chi connectivity index (χ4v) is 5.62. The lowest BCUT2D eigenvalue weighted by molar-refractivity contribution is -0.137. The number of amides is 1. The van der Waals surface area contributed by atoms with E-state index in [-0.39, 0.29) is 30.5 Å². The highest BCUT2D eigenvalue weighted by atomic mass is 19.4. The van der Waals surface area contributed by atoms with E-state index in [1.807, 2.05) is 41.3 Å². The monoisotopic (exact) mass is 538 g/mol. The zero-order valence-corrected chi connectivity index (χ0v) is 22.2. The van der Waals surface area contributed by atoms with E-state index in [4.69, 9.17) is 9.47 Å². The van der Waals surface area contributed by atoms with E-state index >= 15 is 0 Å². The lowest BCUT2D eigenvalue weighted by atomic mass is 9.87. The number of ether oxygens (including phenoxy) is 2. The smallest absolute Gasteiger partial charge is 0.416 e. The van der Waals surface area contributed by atoms with Gasteiger partial charge < -0.3 is 14.4 Å². The van der Waals surface area contributed by atoms with E-state index < -0.39 is 11.7 Å². The van der Waals surface area contributed by atoms with Gasteiger partial charge in [0.15, 0.2) is 11.5 Å². The summed E-state index contributed by atoms with van der Waals surface area (Å²) in [5, 5.41) is 0. The van der Waals surface area contributed by atoms with E-state index in [2.05, 4.69) is 18.7 Å². The summed E-state index contributed by atoms with van der Waals surface area (Å²) in [6.07, 6.45) is -4.41. The standard InChI is InChI=1S/C31H33F3N2O3/c1-21(2)15-36(30(37)23-7-4-3-5-8-23)18-25-17-35(16-22-11-12-28-29(13-22)39-20-38-28)19-27(25)24-9-6-10-26(14-24)31(32,33)34/h3-14,21,25,27H,15-20H2,1-2H3. The molecule has 2 heterocycles. The Labute approximate surface area is 227 Å². The summed E-state index contributed by atoms with van der Waals surface area (Å²) in [4.78, 5) is 17.6. The van der Waals surface area contributed by atoms with Crippen molar-refractivity contribution in [3.8, 4) is 11.5 Å². The van der Waals surface area contributed by atoms with Crippen LogP contribution < -0.4 is 9.47 Å². The lowest BCUT2D eigenvalue weighted by Crippen LogP contribution is -2.39. The maximum absolute atomic E-state index is 13.6. The Kier molecular flexibility index (Phi) is 7.84. The molecule has 1 amide bonds. The molecule has 0 aromatic heterocycles. The first-order valence-electron chi connectivity index (χ1n) is 13.3. The van der Waals surface area contributed by atoms with Gasteiger partial charge in [0.05, 0.1) is 5.56 Å². The molecule has 0 N–H and O–H groups in total.